The lowest BCUT2D eigenvalue weighted by Gasteiger charge is -1.98. The molecule has 106 valence electrons. The fraction of sp³-hybridized carbons (Fsp3) is 0. The van der Waals surface area contributed by atoms with Crippen LogP contribution in [0.3, 0.4) is 0 Å². The Balaban J connectivity index is 2.02. The molecule has 7 heteroatoms. The van der Waals surface area contributed by atoms with Crippen LogP contribution in [0.15, 0.2) is 40.9 Å². The van der Waals surface area contributed by atoms with E-state index in [1.165, 1.54) is 12.1 Å². The zero-order chi connectivity index (χ0) is 15.0. The summed E-state index contributed by atoms with van der Waals surface area (Å²) < 4.78 is 44.2. The highest BCUT2D eigenvalue weighted by Gasteiger charge is 2.16. The molecule has 0 saturated carbocycles. The summed E-state index contributed by atoms with van der Waals surface area (Å²) in [5, 5.41) is 13.0. The third-order valence-corrected chi connectivity index (χ3v) is 2.76. The SMILES string of the molecule is Oc1cccc(-c2nc(-c3cc(F)c(F)c(F)c3)no2)c1. The highest BCUT2D eigenvalue weighted by Crippen LogP contribution is 2.26. The Hall–Kier alpha value is -2.83. The largest absolute Gasteiger partial charge is 0.508 e. The number of phenolic OH excluding ortho intramolecular Hbond substituents is 1. The van der Waals surface area contributed by atoms with Gasteiger partial charge < -0.3 is 9.63 Å². The van der Waals surface area contributed by atoms with Gasteiger partial charge in [0.1, 0.15) is 5.75 Å². The van der Waals surface area contributed by atoms with Crippen molar-refractivity contribution in [2.24, 2.45) is 0 Å². The van der Waals surface area contributed by atoms with Crippen LogP contribution in [0.1, 0.15) is 0 Å². The first-order chi connectivity index (χ1) is 10.0. The van der Waals surface area contributed by atoms with Gasteiger partial charge in [0, 0.05) is 11.1 Å². The molecule has 1 N–H and O–H groups in total. The molecule has 0 aliphatic carbocycles. The molecule has 1 heterocycles. The standard InChI is InChI=1S/C14H7F3N2O2/c15-10-5-8(6-11(16)12(10)17)13-18-14(21-19-13)7-2-1-3-9(20)4-7/h1-6,20H. The van der Waals surface area contributed by atoms with Crippen molar-refractivity contribution >= 4 is 0 Å². The van der Waals surface area contributed by atoms with E-state index in [-0.39, 0.29) is 23.0 Å². The summed E-state index contributed by atoms with van der Waals surface area (Å²) in [4.78, 5) is 3.96. The molecular formula is C14H7F3N2O2. The summed E-state index contributed by atoms with van der Waals surface area (Å²) in [6.45, 7) is 0. The van der Waals surface area contributed by atoms with E-state index >= 15 is 0 Å². The highest BCUT2D eigenvalue weighted by atomic mass is 19.2. The summed E-state index contributed by atoms with van der Waals surface area (Å²) >= 11 is 0. The Labute approximate surface area is 116 Å². The van der Waals surface area contributed by atoms with Crippen LogP contribution < -0.4 is 0 Å². The smallest absolute Gasteiger partial charge is 0.258 e. The molecule has 0 radical (unpaired) electrons. The second kappa shape index (κ2) is 4.93. The monoisotopic (exact) mass is 292 g/mol. The maximum absolute atomic E-state index is 13.2. The third kappa shape index (κ3) is 2.45. The van der Waals surface area contributed by atoms with Gasteiger partial charge in [-0.3, -0.25) is 0 Å². The van der Waals surface area contributed by atoms with Crippen LogP contribution in [0.2, 0.25) is 0 Å². The Bertz CT molecular complexity index is 794. The normalized spacial score (nSPS) is 10.8. The minimum Gasteiger partial charge on any atom is -0.508 e. The topological polar surface area (TPSA) is 59.2 Å². The lowest BCUT2D eigenvalue weighted by Crippen LogP contribution is -1.92. The number of benzene rings is 2. The van der Waals surface area contributed by atoms with Crippen molar-refractivity contribution in [3.05, 3.63) is 53.8 Å². The summed E-state index contributed by atoms with van der Waals surface area (Å²) in [5.41, 5.74) is 0.387. The first-order valence-corrected chi connectivity index (χ1v) is 5.82. The van der Waals surface area contributed by atoms with E-state index in [0.717, 1.165) is 12.1 Å². The van der Waals surface area contributed by atoms with Crippen molar-refractivity contribution < 1.29 is 22.8 Å². The van der Waals surface area contributed by atoms with Crippen LogP contribution in [0.5, 0.6) is 5.75 Å². The number of aromatic hydroxyl groups is 1. The van der Waals surface area contributed by atoms with E-state index in [4.69, 9.17) is 4.52 Å². The van der Waals surface area contributed by atoms with E-state index in [1.807, 2.05) is 0 Å². The number of nitrogens with zero attached hydrogens (tertiary/aromatic N) is 2. The van der Waals surface area contributed by atoms with Crippen molar-refractivity contribution in [3.63, 3.8) is 0 Å². The Morgan fingerprint density at radius 3 is 2.33 bits per heavy atom. The molecule has 0 bridgehead atoms. The molecule has 21 heavy (non-hydrogen) atoms. The maximum atomic E-state index is 13.2. The van der Waals surface area contributed by atoms with Gasteiger partial charge in [-0.15, -0.1) is 0 Å². The molecule has 0 fully saturated rings. The molecule has 3 aromatic rings. The fourth-order valence-corrected chi connectivity index (χ4v) is 1.78. The Kier molecular flexibility index (Phi) is 3.09. The van der Waals surface area contributed by atoms with E-state index in [2.05, 4.69) is 10.1 Å². The lowest BCUT2D eigenvalue weighted by atomic mass is 10.2. The van der Waals surface area contributed by atoms with Crippen molar-refractivity contribution in [2.45, 2.75) is 0 Å². The molecule has 1 aromatic heterocycles. The molecule has 0 spiro atoms. The molecule has 0 saturated heterocycles. The molecule has 0 aliphatic heterocycles. The zero-order valence-electron chi connectivity index (χ0n) is 10.3. The van der Waals surface area contributed by atoms with E-state index in [1.54, 1.807) is 12.1 Å². The van der Waals surface area contributed by atoms with Gasteiger partial charge >= 0.3 is 0 Å². The van der Waals surface area contributed by atoms with Gasteiger partial charge in [-0.1, -0.05) is 11.2 Å². The van der Waals surface area contributed by atoms with Gasteiger partial charge in [0.15, 0.2) is 17.5 Å². The van der Waals surface area contributed by atoms with Crippen LogP contribution in [0.25, 0.3) is 22.8 Å². The first-order valence-electron chi connectivity index (χ1n) is 5.82. The number of halogens is 3. The molecule has 0 unspecified atom stereocenters. The lowest BCUT2D eigenvalue weighted by molar-refractivity contribution is 0.430. The number of rotatable bonds is 2. The van der Waals surface area contributed by atoms with Crippen molar-refractivity contribution in [1.82, 2.24) is 10.1 Å². The predicted octanol–water partition coefficient (Wildman–Crippen LogP) is 3.53. The number of phenols is 1. The van der Waals surface area contributed by atoms with Gasteiger partial charge in [-0.05, 0) is 30.3 Å². The average molecular weight is 292 g/mol. The Morgan fingerprint density at radius 2 is 1.67 bits per heavy atom. The zero-order valence-corrected chi connectivity index (χ0v) is 10.3. The predicted molar refractivity (Wildman–Crippen MR) is 66.7 cm³/mol. The average Bonchev–Trinajstić information content (AvgIpc) is 2.94. The van der Waals surface area contributed by atoms with E-state index in [0.29, 0.717) is 5.56 Å². The number of hydrogen-bond acceptors (Lipinski definition) is 4. The van der Waals surface area contributed by atoms with Crippen LogP contribution in [-0.4, -0.2) is 15.2 Å². The highest BCUT2D eigenvalue weighted by molar-refractivity contribution is 5.60. The molecular weight excluding hydrogens is 285 g/mol. The van der Waals surface area contributed by atoms with Crippen molar-refractivity contribution in [1.29, 1.82) is 0 Å². The van der Waals surface area contributed by atoms with Crippen LogP contribution in [0.4, 0.5) is 13.2 Å². The minimum absolute atomic E-state index is 0.00567. The summed E-state index contributed by atoms with van der Waals surface area (Å²) in [7, 11) is 0. The van der Waals surface area contributed by atoms with Crippen molar-refractivity contribution in [2.75, 3.05) is 0 Å². The van der Waals surface area contributed by atoms with Gasteiger partial charge in [-0.25, -0.2) is 13.2 Å². The van der Waals surface area contributed by atoms with E-state index in [9.17, 15) is 18.3 Å². The van der Waals surface area contributed by atoms with Gasteiger partial charge in [-0.2, -0.15) is 4.98 Å². The van der Waals surface area contributed by atoms with E-state index < -0.39 is 17.5 Å². The summed E-state index contributed by atoms with van der Waals surface area (Å²) in [5.74, 6) is -4.26. The van der Waals surface area contributed by atoms with Crippen LogP contribution in [0, 0.1) is 17.5 Å². The minimum atomic E-state index is -1.56. The van der Waals surface area contributed by atoms with Crippen molar-refractivity contribution in [3.8, 4) is 28.6 Å². The molecule has 0 atom stereocenters. The maximum Gasteiger partial charge on any atom is 0.258 e. The van der Waals surface area contributed by atoms with Crippen LogP contribution >= 0.6 is 0 Å². The molecule has 0 aliphatic rings. The quantitative estimate of drug-likeness (QED) is 0.734. The van der Waals surface area contributed by atoms with Gasteiger partial charge in [0.25, 0.3) is 5.89 Å². The second-order valence-corrected chi connectivity index (χ2v) is 4.23. The summed E-state index contributed by atoms with van der Waals surface area (Å²) in [6, 6.07) is 7.59. The van der Waals surface area contributed by atoms with Gasteiger partial charge in [0.05, 0.1) is 0 Å². The fourth-order valence-electron chi connectivity index (χ4n) is 1.78. The number of aromatic nitrogens is 2. The summed E-state index contributed by atoms with van der Waals surface area (Å²) in [6.07, 6.45) is 0. The van der Waals surface area contributed by atoms with Gasteiger partial charge in [0.2, 0.25) is 5.82 Å². The number of hydrogen-bond donors (Lipinski definition) is 1. The molecule has 3 rings (SSSR count). The molecule has 4 nitrogen and oxygen atoms in total. The molecule has 0 amide bonds. The third-order valence-electron chi connectivity index (χ3n) is 2.76. The van der Waals surface area contributed by atoms with Crippen LogP contribution in [-0.2, 0) is 0 Å². The molecule has 2 aromatic carbocycles. The first kappa shape index (κ1) is 13.2. The Morgan fingerprint density at radius 1 is 0.952 bits per heavy atom. The second-order valence-electron chi connectivity index (χ2n) is 4.23.